The van der Waals surface area contributed by atoms with Gasteiger partial charge < -0.3 is 34.3 Å². The van der Waals surface area contributed by atoms with Crippen molar-refractivity contribution in [1.82, 2.24) is 0 Å². The zero-order valence-corrected chi connectivity index (χ0v) is 35.0. The van der Waals surface area contributed by atoms with Crippen molar-refractivity contribution in [2.75, 3.05) is 19.0 Å². The van der Waals surface area contributed by atoms with Crippen LogP contribution in [0.3, 0.4) is 0 Å². The molecule has 12 nitrogen and oxygen atoms in total. The maximum absolute atomic E-state index is 12.7. The van der Waals surface area contributed by atoms with E-state index in [9.17, 15) is 37.9 Å². The molecule has 1 aliphatic rings. The van der Waals surface area contributed by atoms with Crippen LogP contribution in [0.2, 0.25) is 0 Å². The molecule has 0 aromatic heterocycles. The molecule has 0 aromatic carbocycles. The van der Waals surface area contributed by atoms with Crippen molar-refractivity contribution in [3.63, 3.8) is 0 Å². The van der Waals surface area contributed by atoms with Crippen LogP contribution < -0.4 is 0 Å². The molecule has 0 spiro atoms. The van der Waals surface area contributed by atoms with Gasteiger partial charge in [-0.25, -0.2) is 0 Å². The average molecular weight is 823 g/mol. The molecule has 0 saturated carbocycles. The molecule has 0 amide bonds. The zero-order valence-electron chi connectivity index (χ0n) is 34.2. The third kappa shape index (κ3) is 28.8. The van der Waals surface area contributed by atoms with Gasteiger partial charge in [-0.1, -0.05) is 131 Å². The number of ether oxygens (including phenoxy) is 4. The Morgan fingerprint density at radius 2 is 1.16 bits per heavy atom. The molecular formula is C44H70O12S. The summed E-state index contributed by atoms with van der Waals surface area (Å²) in [4.78, 5) is 25.3. The number of esters is 2. The van der Waals surface area contributed by atoms with Gasteiger partial charge in [0, 0.05) is 6.42 Å². The Morgan fingerprint density at radius 3 is 1.74 bits per heavy atom. The highest BCUT2D eigenvalue weighted by atomic mass is 32.2. The van der Waals surface area contributed by atoms with E-state index < -0.39 is 71.2 Å². The number of hydrogen-bond donors (Lipinski definition) is 4. The Morgan fingerprint density at radius 1 is 0.632 bits per heavy atom. The van der Waals surface area contributed by atoms with E-state index in [-0.39, 0.29) is 19.4 Å². The molecule has 6 atom stereocenters. The van der Waals surface area contributed by atoms with E-state index in [1.165, 1.54) is 12.8 Å². The van der Waals surface area contributed by atoms with Gasteiger partial charge in [-0.3, -0.25) is 14.1 Å². The first-order valence-corrected chi connectivity index (χ1v) is 22.3. The number of carbonyl (C=O) groups excluding carboxylic acids is 2. The largest absolute Gasteiger partial charge is 0.462 e. The van der Waals surface area contributed by atoms with E-state index in [0.717, 1.165) is 70.6 Å². The van der Waals surface area contributed by atoms with Crippen LogP contribution in [0.1, 0.15) is 123 Å². The van der Waals surface area contributed by atoms with Crippen molar-refractivity contribution in [2.45, 2.75) is 160 Å². The highest BCUT2D eigenvalue weighted by molar-refractivity contribution is 7.85. The molecule has 57 heavy (non-hydrogen) atoms. The summed E-state index contributed by atoms with van der Waals surface area (Å²) < 4.78 is 53.8. The minimum absolute atomic E-state index is 0.0756. The monoisotopic (exact) mass is 822 g/mol. The number of aliphatic hydroxyl groups excluding tert-OH is 3. The second kappa shape index (κ2) is 33.8. The van der Waals surface area contributed by atoms with E-state index in [4.69, 9.17) is 18.9 Å². The lowest BCUT2D eigenvalue weighted by atomic mass is 10.00. The predicted molar refractivity (Wildman–Crippen MR) is 224 cm³/mol. The number of aliphatic hydroxyl groups is 3. The summed E-state index contributed by atoms with van der Waals surface area (Å²) in [5, 5.41) is 30.8. The van der Waals surface area contributed by atoms with Crippen LogP contribution in [-0.4, -0.2) is 96.0 Å². The zero-order chi connectivity index (χ0) is 42.0. The molecule has 0 aromatic rings. The van der Waals surface area contributed by atoms with Crippen LogP contribution in [0.4, 0.5) is 0 Å². The summed E-state index contributed by atoms with van der Waals surface area (Å²) in [5.74, 6) is -2.18. The van der Waals surface area contributed by atoms with Crippen LogP contribution in [0.15, 0.2) is 85.1 Å². The fourth-order valence-corrected chi connectivity index (χ4v) is 6.22. The van der Waals surface area contributed by atoms with Gasteiger partial charge in [0.05, 0.1) is 13.0 Å². The Bertz CT molecular complexity index is 1380. The lowest BCUT2D eigenvalue weighted by Crippen LogP contribution is -2.60. The van der Waals surface area contributed by atoms with E-state index in [0.29, 0.717) is 12.8 Å². The first kappa shape index (κ1) is 51.8. The van der Waals surface area contributed by atoms with Gasteiger partial charge in [-0.05, 0) is 64.2 Å². The van der Waals surface area contributed by atoms with Crippen LogP contribution >= 0.6 is 0 Å². The number of rotatable bonds is 32. The van der Waals surface area contributed by atoms with Crippen molar-refractivity contribution in [1.29, 1.82) is 0 Å². The molecule has 1 heterocycles. The normalized spacial score (nSPS) is 21.4. The topological polar surface area (TPSA) is 186 Å². The molecule has 0 aliphatic carbocycles. The lowest BCUT2D eigenvalue weighted by molar-refractivity contribution is -0.297. The van der Waals surface area contributed by atoms with Gasteiger partial charge in [0.2, 0.25) is 0 Å². The molecule has 0 bridgehead atoms. The highest BCUT2D eigenvalue weighted by Gasteiger charge is 2.46. The molecule has 324 valence electrons. The summed E-state index contributed by atoms with van der Waals surface area (Å²) in [7, 11) is -4.62. The molecular weight excluding hydrogens is 753 g/mol. The minimum atomic E-state index is -4.62. The number of allylic oxidation sites excluding steroid dienone is 13. The lowest BCUT2D eigenvalue weighted by Gasteiger charge is -2.40. The summed E-state index contributed by atoms with van der Waals surface area (Å²) in [6.45, 7) is 3.47. The minimum Gasteiger partial charge on any atom is -0.462 e. The van der Waals surface area contributed by atoms with E-state index in [2.05, 4.69) is 74.6 Å². The first-order chi connectivity index (χ1) is 27.5. The third-order valence-corrected chi connectivity index (χ3v) is 9.49. The van der Waals surface area contributed by atoms with Crippen molar-refractivity contribution >= 4 is 22.1 Å². The second-order valence-electron chi connectivity index (χ2n) is 13.9. The molecule has 1 saturated heterocycles. The maximum atomic E-state index is 12.7. The van der Waals surface area contributed by atoms with Gasteiger partial charge in [0.15, 0.2) is 12.4 Å². The first-order valence-electron chi connectivity index (χ1n) is 20.6. The van der Waals surface area contributed by atoms with Gasteiger partial charge in [0.1, 0.15) is 36.8 Å². The Labute approximate surface area is 341 Å². The van der Waals surface area contributed by atoms with E-state index in [1.54, 1.807) is 6.08 Å². The summed E-state index contributed by atoms with van der Waals surface area (Å²) >= 11 is 0. The molecule has 13 heteroatoms. The average Bonchev–Trinajstić information content (AvgIpc) is 3.17. The fourth-order valence-electron chi connectivity index (χ4n) is 5.53. The smallest absolute Gasteiger partial charge is 0.310 e. The van der Waals surface area contributed by atoms with Crippen molar-refractivity contribution in [3.05, 3.63) is 85.1 Å². The fraction of sp³-hybridized carbons (Fsp3) is 0.636. The van der Waals surface area contributed by atoms with Gasteiger partial charge in [-0.2, -0.15) is 8.42 Å². The molecule has 6 unspecified atom stereocenters. The SMILES string of the molecule is CC/C=C\C/C=C\C/C=C\C/C=C\C/C=C\CC(=O)OC(COC(=O)CCCCCCC/C=C\C/C=C\CCCC)COC1OC(CS(=O)(=O)O)C(O)C(O)C1O. The van der Waals surface area contributed by atoms with E-state index in [1.807, 2.05) is 18.2 Å². The Hall–Kier alpha value is -3.17. The number of unbranched alkanes of at least 4 members (excludes halogenated alkanes) is 7. The standard InChI is InChI=1S/C44H70O12S/c1-3-5-7-9-11-13-15-17-19-21-23-25-27-29-31-33-40(46)55-37(35-54-44-43(49)42(48)41(47)38(56-44)36-57(50,51)52)34-53-39(45)32-30-28-26-24-22-20-18-16-14-12-10-8-6-4-2/h5,7,10-13,16-19,23,25,29,31,37-38,41-44,47-49H,3-4,6,8-9,14-15,20-22,24,26-28,30,32-36H2,1-2H3,(H,50,51,52)/b7-5-,12-10-,13-11-,18-16-,19-17-,25-23-,31-29-. The van der Waals surface area contributed by atoms with Crippen LogP contribution in [0.5, 0.6) is 0 Å². The van der Waals surface area contributed by atoms with E-state index >= 15 is 0 Å². The molecule has 1 fully saturated rings. The number of carbonyl (C=O) groups is 2. The molecule has 0 radical (unpaired) electrons. The summed E-state index contributed by atoms with van der Waals surface area (Å²) in [5.41, 5.74) is 0. The van der Waals surface area contributed by atoms with Gasteiger partial charge in [-0.15, -0.1) is 0 Å². The second-order valence-corrected chi connectivity index (χ2v) is 15.4. The van der Waals surface area contributed by atoms with Gasteiger partial charge >= 0.3 is 11.9 Å². The third-order valence-electron chi connectivity index (χ3n) is 8.74. The van der Waals surface area contributed by atoms with Crippen LogP contribution in [-0.2, 0) is 38.7 Å². The molecule has 1 rings (SSSR count). The van der Waals surface area contributed by atoms with Gasteiger partial charge in [0.25, 0.3) is 10.1 Å². The molecule has 1 aliphatic heterocycles. The maximum Gasteiger partial charge on any atom is 0.310 e. The van der Waals surface area contributed by atoms with Crippen LogP contribution in [0.25, 0.3) is 0 Å². The van der Waals surface area contributed by atoms with Crippen molar-refractivity contribution < 1.29 is 56.8 Å². The quantitative estimate of drug-likeness (QED) is 0.0224. The summed E-state index contributed by atoms with van der Waals surface area (Å²) in [6.07, 6.45) is 33.8. The Balaban J connectivity index is 2.58. The highest BCUT2D eigenvalue weighted by Crippen LogP contribution is 2.23. The molecule has 4 N–H and O–H groups in total. The predicted octanol–water partition coefficient (Wildman–Crippen LogP) is 7.72. The van der Waals surface area contributed by atoms with Crippen LogP contribution in [0, 0.1) is 0 Å². The summed E-state index contributed by atoms with van der Waals surface area (Å²) in [6, 6.07) is 0. The van der Waals surface area contributed by atoms with Crippen molar-refractivity contribution in [2.24, 2.45) is 0 Å². The van der Waals surface area contributed by atoms with Crippen molar-refractivity contribution in [3.8, 4) is 0 Å². The number of hydrogen-bond acceptors (Lipinski definition) is 11. The Kier molecular flexibility index (Phi) is 30.7.